The molecule has 0 atom stereocenters. The summed E-state index contributed by atoms with van der Waals surface area (Å²) in [6, 6.07) is 1.94. The Bertz CT molecular complexity index is 355. The molecule has 0 saturated heterocycles. The van der Waals surface area contributed by atoms with Crippen molar-refractivity contribution in [3.05, 3.63) is 28.5 Å². The molecule has 0 aliphatic rings. The highest BCUT2D eigenvalue weighted by Gasteiger charge is 2.16. The first-order valence-electron chi connectivity index (χ1n) is 4.98. The van der Waals surface area contributed by atoms with Crippen LogP contribution in [0.2, 0.25) is 0 Å². The molecule has 0 aliphatic carbocycles. The van der Waals surface area contributed by atoms with Crippen molar-refractivity contribution >= 4 is 21.7 Å². The molecule has 0 unspecified atom stereocenters. The van der Waals surface area contributed by atoms with E-state index in [0.717, 1.165) is 10.0 Å². The fourth-order valence-electron chi connectivity index (χ4n) is 1.43. The SMILES string of the molecule is CC(C)(C)CC(=O)Cc1cncc(Br)c1. The molecule has 0 saturated carbocycles. The van der Waals surface area contributed by atoms with Crippen LogP contribution in [-0.2, 0) is 11.2 Å². The van der Waals surface area contributed by atoms with Gasteiger partial charge in [-0.05, 0) is 33.0 Å². The van der Waals surface area contributed by atoms with Gasteiger partial charge in [0.05, 0.1) is 0 Å². The summed E-state index contributed by atoms with van der Waals surface area (Å²) in [5.74, 6) is 0.266. The minimum absolute atomic E-state index is 0.0660. The second kappa shape index (κ2) is 4.88. The standard InChI is InChI=1S/C12H16BrNO/c1-12(2,3)6-11(15)5-9-4-10(13)8-14-7-9/h4,7-8H,5-6H2,1-3H3. The van der Waals surface area contributed by atoms with E-state index in [-0.39, 0.29) is 11.2 Å². The minimum atomic E-state index is 0.0660. The van der Waals surface area contributed by atoms with Gasteiger partial charge >= 0.3 is 0 Å². The number of hydrogen-bond donors (Lipinski definition) is 0. The Morgan fingerprint density at radius 3 is 2.60 bits per heavy atom. The monoisotopic (exact) mass is 269 g/mol. The third kappa shape index (κ3) is 5.07. The number of ketones is 1. The van der Waals surface area contributed by atoms with Crippen LogP contribution < -0.4 is 0 Å². The van der Waals surface area contributed by atoms with Gasteiger partial charge < -0.3 is 0 Å². The topological polar surface area (TPSA) is 30.0 Å². The molecule has 1 rings (SSSR count). The number of carbonyl (C=O) groups excluding carboxylic acids is 1. The van der Waals surface area contributed by atoms with E-state index in [9.17, 15) is 4.79 Å². The van der Waals surface area contributed by atoms with E-state index in [1.165, 1.54) is 0 Å². The first-order chi connectivity index (χ1) is 6.87. The Balaban J connectivity index is 2.59. The number of rotatable bonds is 3. The van der Waals surface area contributed by atoms with Gasteiger partial charge in [-0.15, -0.1) is 0 Å². The zero-order valence-corrected chi connectivity index (χ0v) is 11.0. The van der Waals surface area contributed by atoms with Crippen molar-refractivity contribution in [2.75, 3.05) is 0 Å². The highest BCUT2D eigenvalue weighted by Crippen LogP contribution is 2.20. The average Bonchev–Trinajstić information content (AvgIpc) is 1.99. The third-order valence-electron chi connectivity index (χ3n) is 1.89. The van der Waals surface area contributed by atoms with E-state index >= 15 is 0 Å². The van der Waals surface area contributed by atoms with Crippen molar-refractivity contribution in [3.63, 3.8) is 0 Å². The molecule has 3 heteroatoms. The van der Waals surface area contributed by atoms with Gasteiger partial charge in [0.1, 0.15) is 5.78 Å². The third-order valence-corrected chi connectivity index (χ3v) is 2.32. The van der Waals surface area contributed by atoms with Crippen LogP contribution in [0, 0.1) is 5.41 Å². The normalized spacial score (nSPS) is 11.5. The molecule has 0 amide bonds. The number of nitrogens with zero attached hydrogens (tertiary/aromatic N) is 1. The van der Waals surface area contributed by atoms with Crippen LogP contribution in [-0.4, -0.2) is 10.8 Å². The molecule has 0 N–H and O–H groups in total. The molecule has 1 aromatic rings. The Morgan fingerprint density at radius 2 is 2.07 bits per heavy atom. The van der Waals surface area contributed by atoms with E-state index < -0.39 is 0 Å². The van der Waals surface area contributed by atoms with Crippen LogP contribution in [0.3, 0.4) is 0 Å². The predicted octanol–water partition coefficient (Wildman–Crippen LogP) is 3.39. The van der Waals surface area contributed by atoms with Crippen molar-refractivity contribution in [3.8, 4) is 0 Å². The number of hydrogen-bond acceptors (Lipinski definition) is 2. The van der Waals surface area contributed by atoms with Gasteiger partial charge in [0.25, 0.3) is 0 Å². The van der Waals surface area contributed by atoms with Crippen LogP contribution in [0.4, 0.5) is 0 Å². The molecule has 15 heavy (non-hydrogen) atoms. The summed E-state index contributed by atoms with van der Waals surface area (Å²) in [6.45, 7) is 6.22. The van der Waals surface area contributed by atoms with E-state index in [1.807, 2.05) is 6.07 Å². The summed E-state index contributed by atoms with van der Waals surface area (Å²) in [6.07, 6.45) is 4.55. The highest BCUT2D eigenvalue weighted by molar-refractivity contribution is 9.10. The zero-order chi connectivity index (χ0) is 11.5. The molecule has 0 fully saturated rings. The summed E-state index contributed by atoms with van der Waals surface area (Å²) in [5.41, 5.74) is 1.04. The smallest absolute Gasteiger partial charge is 0.137 e. The van der Waals surface area contributed by atoms with E-state index in [1.54, 1.807) is 12.4 Å². The largest absolute Gasteiger partial charge is 0.299 e. The van der Waals surface area contributed by atoms with Crippen molar-refractivity contribution in [2.24, 2.45) is 5.41 Å². The van der Waals surface area contributed by atoms with Crippen molar-refractivity contribution in [2.45, 2.75) is 33.6 Å². The van der Waals surface area contributed by atoms with Crippen molar-refractivity contribution < 1.29 is 4.79 Å². The van der Waals surface area contributed by atoms with Gasteiger partial charge in [0, 0.05) is 29.7 Å². The molecule has 0 spiro atoms. The molecule has 1 aromatic heterocycles. The highest BCUT2D eigenvalue weighted by atomic mass is 79.9. The zero-order valence-electron chi connectivity index (χ0n) is 9.38. The number of carbonyl (C=O) groups is 1. The maximum Gasteiger partial charge on any atom is 0.137 e. The van der Waals surface area contributed by atoms with Gasteiger partial charge in [0.15, 0.2) is 0 Å². The van der Waals surface area contributed by atoms with E-state index in [4.69, 9.17) is 0 Å². The molecule has 2 nitrogen and oxygen atoms in total. The predicted molar refractivity (Wildman–Crippen MR) is 64.7 cm³/mol. The van der Waals surface area contributed by atoms with Gasteiger partial charge in [-0.1, -0.05) is 20.8 Å². The Hall–Kier alpha value is -0.700. The Morgan fingerprint density at radius 1 is 1.40 bits per heavy atom. The van der Waals surface area contributed by atoms with E-state index in [0.29, 0.717) is 12.8 Å². The molecule has 0 aromatic carbocycles. The van der Waals surface area contributed by atoms with Crippen LogP contribution in [0.15, 0.2) is 22.9 Å². The summed E-state index contributed by atoms with van der Waals surface area (Å²) in [5, 5.41) is 0. The van der Waals surface area contributed by atoms with Crippen molar-refractivity contribution in [1.82, 2.24) is 4.98 Å². The molecule has 0 aliphatic heterocycles. The average molecular weight is 270 g/mol. The minimum Gasteiger partial charge on any atom is -0.299 e. The maximum absolute atomic E-state index is 11.7. The molecular formula is C12H16BrNO. The van der Waals surface area contributed by atoms with Crippen LogP contribution in [0.25, 0.3) is 0 Å². The lowest BCUT2D eigenvalue weighted by Gasteiger charge is -2.16. The number of aromatic nitrogens is 1. The fourth-order valence-corrected chi connectivity index (χ4v) is 1.85. The Kier molecular flexibility index (Phi) is 4.03. The Labute approximate surface area is 99.2 Å². The lowest BCUT2D eigenvalue weighted by Crippen LogP contribution is -2.14. The summed E-state index contributed by atoms with van der Waals surface area (Å²) in [4.78, 5) is 15.7. The van der Waals surface area contributed by atoms with Crippen LogP contribution >= 0.6 is 15.9 Å². The molecule has 82 valence electrons. The second-order valence-corrected chi connectivity index (χ2v) is 5.88. The first kappa shape index (κ1) is 12.4. The maximum atomic E-state index is 11.7. The molecule has 1 heterocycles. The van der Waals surface area contributed by atoms with Crippen molar-refractivity contribution in [1.29, 1.82) is 0 Å². The lowest BCUT2D eigenvalue weighted by atomic mass is 9.88. The number of pyridine rings is 1. The number of halogens is 1. The molecular weight excluding hydrogens is 254 g/mol. The summed E-state index contributed by atoms with van der Waals surface area (Å²) in [7, 11) is 0. The quantitative estimate of drug-likeness (QED) is 0.842. The van der Waals surface area contributed by atoms with Gasteiger partial charge in [-0.3, -0.25) is 9.78 Å². The van der Waals surface area contributed by atoms with E-state index in [2.05, 4.69) is 41.7 Å². The summed E-state index contributed by atoms with van der Waals surface area (Å²) < 4.78 is 0.920. The summed E-state index contributed by atoms with van der Waals surface area (Å²) >= 11 is 3.34. The molecule has 0 bridgehead atoms. The fraction of sp³-hybridized carbons (Fsp3) is 0.500. The van der Waals surface area contributed by atoms with Crippen LogP contribution in [0.5, 0.6) is 0 Å². The lowest BCUT2D eigenvalue weighted by molar-refractivity contribution is -0.120. The number of Topliss-reactive ketones (excluding diaryl/α,β-unsaturated/α-hetero) is 1. The first-order valence-corrected chi connectivity index (χ1v) is 5.77. The second-order valence-electron chi connectivity index (χ2n) is 4.96. The van der Waals surface area contributed by atoms with Gasteiger partial charge in [-0.2, -0.15) is 0 Å². The molecule has 0 radical (unpaired) electrons. The van der Waals surface area contributed by atoms with Gasteiger partial charge in [-0.25, -0.2) is 0 Å². The van der Waals surface area contributed by atoms with Gasteiger partial charge in [0.2, 0.25) is 0 Å². The van der Waals surface area contributed by atoms with Crippen LogP contribution in [0.1, 0.15) is 32.8 Å².